The summed E-state index contributed by atoms with van der Waals surface area (Å²) >= 11 is 1.71. The van der Waals surface area contributed by atoms with E-state index in [1.54, 1.807) is 54.2 Å². The van der Waals surface area contributed by atoms with Gasteiger partial charge in [0.15, 0.2) is 6.10 Å². The van der Waals surface area contributed by atoms with Gasteiger partial charge < -0.3 is 9.22 Å². The van der Waals surface area contributed by atoms with Crippen LogP contribution in [-0.4, -0.2) is 48.6 Å². The minimum absolute atomic E-state index is 0.0751. The number of rotatable bonds is 8. The average Bonchev–Trinajstić information content (AvgIpc) is 2.90. The number of fused-ring (bicyclic) bond motifs is 3. The summed E-state index contributed by atoms with van der Waals surface area (Å²) in [7, 11) is 0. The van der Waals surface area contributed by atoms with Gasteiger partial charge in [0, 0.05) is 29.4 Å². The molecule has 0 aromatic heterocycles. The summed E-state index contributed by atoms with van der Waals surface area (Å²) in [5.74, 6) is 0.0578. The first kappa shape index (κ1) is 25.7. The van der Waals surface area contributed by atoms with Gasteiger partial charge in [-0.3, -0.25) is 4.90 Å². The van der Waals surface area contributed by atoms with Crippen LogP contribution in [0.4, 0.5) is 23.7 Å². The third kappa shape index (κ3) is 6.13. The van der Waals surface area contributed by atoms with Crippen molar-refractivity contribution in [1.29, 1.82) is 0 Å². The predicted octanol–water partition coefficient (Wildman–Crippen LogP) is 6.65. The van der Waals surface area contributed by atoms with E-state index in [4.69, 9.17) is 4.74 Å². The molecule has 3 fully saturated rings. The molecule has 0 N–H and O–H groups in total. The van der Waals surface area contributed by atoms with Gasteiger partial charge in [-0.25, -0.2) is 18.0 Å². The molecule has 0 radical (unpaired) electrons. The number of hydrogen-bond donors (Lipinski definition) is 0. The van der Waals surface area contributed by atoms with Gasteiger partial charge >= 0.3 is 6.09 Å². The van der Waals surface area contributed by atoms with Crippen LogP contribution in [0.3, 0.4) is 0 Å². The van der Waals surface area contributed by atoms with Crippen molar-refractivity contribution in [2.45, 2.75) is 30.4 Å². The molecule has 3 aliphatic rings. The Morgan fingerprint density at radius 3 is 2.24 bits per heavy atom. The van der Waals surface area contributed by atoms with Gasteiger partial charge in [-0.1, -0.05) is 24.3 Å². The van der Waals surface area contributed by atoms with Gasteiger partial charge in [0.25, 0.3) is 0 Å². The standard InChI is InChI=1S/C29H30F3N2O2S/c30-23-7-5-21(6-8-23)19-33(27-4-2-1-3-26(27)32)29(35)36-28-20-34(15-13-22(28)14-16-34)17-18-37-25-11-9-24(31)10-12-25/h1-12,22,28H,13-20H2/q+1/t22?,28-,34?/m0/s1. The fraction of sp³-hybridized carbons (Fsp3) is 0.345. The summed E-state index contributed by atoms with van der Waals surface area (Å²) in [6, 6.07) is 18.5. The molecule has 3 aromatic rings. The monoisotopic (exact) mass is 527 g/mol. The second-order valence-electron chi connectivity index (χ2n) is 9.92. The first-order chi connectivity index (χ1) is 17.9. The van der Waals surface area contributed by atoms with Crippen LogP contribution >= 0.6 is 11.8 Å². The van der Waals surface area contributed by atoms with Crippen molar-refractivity contribution < 1.29 is 27.2 Å². The van der Waals surface area contributed by atoms with Crippen molar-refractivity contribution in [2.24, 2.45) is 5.92 Å². The zero-order chi connectivity index (χ0) is 25.8. The molecule has 1 atom stereocenters. The van der Waals surface area contributed by atoms with E-state index < -0.39 is 11.9 Å². The third-order valence-corrected chi connectivity index (χ3v) is 8.55. The van der Waals surface area contributed by atoms with Crippen molar-refractivity contribution in [3.63, 3.8) is 0 Å². The summed E-state index contributed by atoms with van der Waals surface area (Å²) in [4.78, 5) is 15.8. The number of thioether (sulfide) groups is 1. The first-order valence-corrected chi connectivity index (χ1v) is 13.6. The lowest BCUT2D eigenvalue weighted by molar-refractivity contribution is -0.943. The molecular formula is C29H30F3N2O2S+. The molecule has 3 saturated heterocycles. The number of amides is 1. The molecule has 6 rings (SSSR count). The number of nitrogens with zero attached hydrogens (tertiary/aromatic N) is 2. The second-order valence-corrected chi connectivity index (χ2v) is 11.1. The van der Waals surface area contributed by atoms with E-state index in [2.05, 4.69) is 0 Å². The van der Waals surface area contributed by atoms with Crippen LogP contribution in [0.1, 0.15) is 18.4 Å². The number of quaternary nitrogens is 1. The zero-order valence-electron chi connectivity index (χ0n) is 20.5. The molecule has 0 unspecified atom stereocenters. The number of para-hydroxylation sites is 1. The van der Waals surface area contributed by atoms with Crippen molar-refractivity contribution in [3.8, 4) is 0 Å². The highest BCUT2D eigenvalue weighted by Crippen LogP contribution is 2.37. The molecule has 0 aliphatic carbocycles. The van der Waals surface area contributed by atoms with Crippen LogP contribution in [0.25, 0.3) is 0 Å². The van der Waals surface area contributed by atoms with E-state index in [1.807, 2.05) is 0 Å². The van der Waals surface area contributed by atoms with Crippen LogP contribution in [-0.2, 0) is 11.3 Å². The quantitative estimate of drug-likeness (QED) is 0.243. The molecule has 2 bridgehead atoms. The van der Waals surface area contributed by atoms with Crippen LogP contribution in [0, 0.1) is 23.4 Å². The maximum absolute atomic E-state index is 14.7. The van der Waals surface area contributed by atoms with Crippen LogP contribution in [0.5, 0.6) is 0 Å². The third-order valence-electron chi connectivity index (χ3n) is 7.56. The number of carbonyl (C=O) groups excluding carboxylic acids is 1. The summed E-state index contributed by atoms with van der Waals surface area (Å²) in [6.07, 6.45) is 1.13. The molecule has 3 aromatic carbocycles. The highest BCUT2D eigenvalue weighted by molar-refractivity contribution is 7.99. The summed E-state index contributed by atoms with van der Waals surface area (Å²) in [5.41, 5.74) is 0.814. The molecular weight excluding hydrogens is 497 g/mol. The second kappa shape index (κ2) is 11.2. The fourth-order valence-electron chi connectivity index (χ4n) is 5.44. The molecule has 3 heterocycles. The van der Waals surface area contributed by atoms with E-state index in [9.17, 15) is 18.0 Å². The largest absolute Gasteiger partial charge is 0.440 e. The molecule has 0 spiro atoms. The Hall–Kier alpha value is -2.97. The highest BCUT2D eigenvalue weighted by atomic mass is 32.2. The lowest BCUT2D eigenvalue weighted by Crippen LogP contribution is -2.65. The number of hydrogen-bond acceptors (Lipinski definition) is 3. The number of piperidine rings is 3. The van der Waals surface area contributed by atoms with Crippen LogP contribution < -0.4 is 4.90 Å². The first-order valence-electron chi connectivity index (χ1n) is 12.6. The molecule has 37 heavy (non-hydrogen) atoms. The van der Waals surface area contributed by atoms with Crippen molar-refractivity contribution in [3.05, 3.63) is 95.8 Å². The van der Waals surface area contributed by atoms with Crippen LogP contribution in [0.2, 0.25) is 0 Å². The van der Waals surface area contributed by atoms with E-state index in [-0.39, 0.29) is 30.0 Å². The average molecular weight is 528 g/mol. The molecule has 1 amide bonds. The molecule has 8 heteroatoms. The lowest BCUT2D eigenvalue weighted by atomic mass is 9.83. The Kier molecular flexibility index (Phi) is 7.76. The van der Waals surface area contributed by atoms with E-state index >= 15 is 0 Å². The van der Waals surface area contributed by atoms with Gasteiger partial charge in [-0.05, 0) is 54.1 Å². The zero-order valence-corrected chi connectivity index (χ0v) is 21.3. The van der Waals surface area contributed by atoms with Crippen molar-refractivity contribution in [1.82, 2.24) is 0 Å². The van der Waals surface area contributed by atoms with Gasteiger partial charge in [-0.2, -0.15) is 0 Å². The molecule has 0 saturated carbocycles. The summed E-state index contributed by atoms with van der Waals surface area (Å²) in [6.45, 7) is 3.85. The van der Waals surface area contributed by atoms with Gasteiger partial charge in [-0.15, -0.1) is 11.8 Å². The number of anilines is 1. The Labute approximate surface area is 219 Å². The summed E-state index contributed by atoms with van der Waals surface area (Å²) in [5, 5.41) is 0. The lowest BCUT2D eigenvalue weighted by Gasteiger charge is -2.52. The van der Waals surface area contributed by atoms with Gasteiger partial charge in [0.1, 0.15) is 24.0 Å². The minimum atomic E-state index is -0.591. The number of carbonyl (C=O) groups is 1. The van der Waals surface area contributed by atoms with Crippen molar-refractivity contribution >= 4 is 23.5 Å². The SMILES string of the molecule is O=C(O[C@H]1C[N+]2(CCSc3ccc(F)cc3)CCC1CC2)N(Cc1ccc(F)cc1)c1ccccc1F. The van der Waals surface area contributed by atoms with Gasteiger partial charge in [0.2, 0.25) is 0 Å². The molecule has 4 nitrogen and oxygen atoms in total. The van der Waals surface area contributed by atoms with E-state index in [1.165, 1.54) is 35.2 Å². The highest BCUT2D eigenvalue weighted by Gasteiger charge is 2.47. The Bertz CT molecular complexity index is 1210. The van der Waals surface area contributed by atoms with E-state index in [0.717, 1.165) is 54.2 Å². The van der Waals surface area contributed by atoms with Crippen LogP contribution in [0.15, 0.2) is 77.7 Å². The molecule has 194 valence electrons. The van der Waals surface area contributed by atoms with Crippen molar-refractivity contribution in [2.75, 3.05) is 36.8 Å². The summed E-state index contributed by atoms with van der Waals surface area (Å²) < 4.78 is 48.3. The Morgan fingerprint density at radius 1 is 0.919 bits per heavy atom. The Morgan fingerprint density at radius 2 is 1.57 bits per heavy atom. The maximum atomic E-state index is 14.7. The topological polar surface area (TPSA) is 29.5 Å². The van der Waals surface area contributed by atoms with Gasteiger partial charge in [0.05, 0.1) is 31.9 Å². The van der Waals surface area contributed by atoms with E-state index in [0.29, 0.717) is 11.5 Å². The number of benzene rings is 3. The fourth-order valence-corrected chi connectivity index (χ4v) is 6.48. The Balaban J connectivity index is 1.27. The predicted molar refractivity (Wildman–Crippen MR) is 139 cm³/mol. The smallest absolute Gasteiger partial charge is 0.415 e. The number of ether oxygens (including phenoxy) is 1. The maximum Gasteiger partial charge on any atom is 0.415 e. The minimum Gasteiger partial charge on any atom is -0.440 e. The number of halogens is 3. The molecule has 3 aliphatic heterocycles. The normalized spacial score (nSPS) is 22.6.